The Hall–Kier alpha value is -1.94. The summed E-state index contributed by atoms with van der Waals surface area (Å²) in [6, 6.07) is 10.3. The second-order valence-electron chi connectivity index (χ2n) is 5.37. The fraction of sp³-hybridized carbons (Fsp3) is 0.250. The minimum Gasteiger partial charge on any atom is -0.449 e. The molecule has 2 aromatic carbocycles. The van der Waals surface area contributed by atoms with E-state index < -0.39 is 11.6 Å². The van der Waals surface area contributed by atoms with E-state index in [2.05, 4.69) is 5.32 Å². The lowest BCUT2D eigenvalue weighted by molar-refractivity contribution is -0.0431. The lowest BCUT2D eigenvalue weighted by atomic mass is 10.2. The summed E-state index contributed by atoms with van der Waals surface area (Å²) in [5, 5.41) is 3.37. The minimum absolute atomic E-state index is 0.127. The molecule has 3 rings (SSSR count). The molecule has 1 aliphatic heterocycles. The number of rotatable bonds is 3. The SMILES string of the molecule is CC1(C)Oc2ccc(NCc3ccc(F)c(Cl)c3)cc2O1. The van der Waals surface area contributed by atoms with Gasteiger partial charge in [0.1, 0.15) is 5.82 Å². The highest BCUT2D eigenvalue weighted by Crippen LogP contribution is 2.40. The Morgan fingerprint density at radius 2 is 1.86 bits per heavy atom. The van der Waals surface area contributed by atoms with Crippen molar-refractivity contribution in [1.29, 1.82) is 0 Å². The number of fused-ring (bicyclic) bond motifs is 1. The first-order valence-electron chi connectivity index (χ1n) is 6.63. The first-order chi connectivity index (χ1) is 9.93. The topological polar surface area (TPSA) is 30.5 Å². The van der Waals surface area contributed by atoms with Crippen LogP contribution in [0.25, 0.3) is 0 Å². The van der Waals surface area contributed by atoms with E-state index >= 15 is 0 Å². The molecule has 110 valence electrons. The Labute approximate surface area is 127 Å². The highest BCUT2D eigenvalue weighted by Gasteiger charge is 2.31. The van der Waals surface area contributed by atoms with E-state index in [4.69, 9.17) is 21.1 Å². The van der Waals surface area contributed by atoms with Gasteiger partial charge in [0.05, 0.1) is 5.02 Å². The molecule has 3 nitrogen and oxygen atoms in total. The van der Waals surface area contributed by atoms with Crippen molar-refractivity contribution in [3.63, 3.8) is 0 Å². The number of benzene rings is 2. The third-order valence-corrected chi connectivity index (χ3v) is 3.43. The van der Waals surface area contributed by atoms with Crippen LogP contribution in [-0.2, 0) is 6.54 Å². The molecule has 1 heterocycles. The Balaban J connectivity index is 1.71. The molecule has 0 spiro atoms. The summed E-state index contributed by atoms with van der Waals surface area (Å²) in [5.74, 6) is 0.397. The first kappa shape index (κ1) is 14.0. The maximum absolute atomic E-state index is 13.1. The second kappa shape index (κ2) is 5.11. The van der Waals surface area contributed by atoms with E-state index in [1.54, 1.807) is 12.1 Å². The predicted molar refractivity (Wildman–Crippen MR) is 80.5 cm³/mol. The van der Waals surface area contributed by atoms with E-state index in [9.17, 15) is 4.39 Å². The largest absolute Gasteiger partial charge is 0.449 e. The molecule has 1 N–H and O–H groups in total. The van der Waals surface area contributed by atoms with Gasteiger partial charge in [-0.2, -0.15) is 0 Å². The summed E-state index contributed by atoms with van der Waals surface area (Å²) >= 11 is 5.76. The number of nitrogens with one attached hydrogen (secondary N) is 1. The summed E-state index contributed by atoms with van der Waals surface area (Å²) in [6.07, 6.45) is 0. The monoisotopic (exact) mass is 307 g/mol. The summed E-state index contributed by atoms with van der Waals surface area (Å²) in [6.45, 7) is 4.27. The molecular weight excluding hydrogens is 293 g/mol. The van der Waals surface area contributed by atoms with Gasteiger partial charge in [-0.3, -0.25) is 0 Å². The molecule has 0 aromatic heterocycles. The molecule has 0 fully saturated rings. The first-order valence-corrected chi connectivity index (χ1v) is 7.01. The van der Waals surface area contributed by atoms with Gasteiger partial charge in [-0.25, -0.2) is 4.39 Å². The van der Waals surface area contributed by atoms with Gasteiger partial charge in [0.2, 0.25) is 5.79 Å². The van der Waals surface area contributed by atoms with Crippen LogP contribution in [0.5, 0.6) is 11.5 Å². The molecule has 1 aliphatic rings. The van der Waals surface area contributed by atoms with Crippen molar-refractivity contribution in [2.24, 2.45) is 0 Å². The van der Waals surface area contributed by atoms with Crippen LogP contribution in [0.3, 0.4) is 0 Å². The zero-order chi connectivity index (χ0) is 15.0. The van der Waals surface area contributed by atoms with Gasteiger partial charge >= 0.3 is 0 Å². The molecule has 5 heteroatoms. The van der Waals surface area contributed by atoms with Crippen molar-refractivity contribution >= 4 is 17.3 Å². The van der Waals surface area contributed by atoms with Crippen molar-refractivity contribution in [2.75, 3.05) is 5.32 Å². The lowest BCUT2D eigenvalue weighted by Gasteiger charge is -2.16. The maximum atomic E-state index is 13.1. The van der Waals surface area contributed by atoms with Gasteiger partial charge in [0.25, 0.3) is 0 Å². The summed E-state index contributed by atoms with van der Waals surface area (Å²) in [7, 11) is 0. The third kappa shape index (κ3) is 3.05. The summed E-state index contributed by atoms with van der Waals surface area (Å²) in [4.78, 5) is 0. The zero-order valence-corrected chi connectivity index (χ0v) is 12.5. The molecule has 0 amide bonds. The summed E-state index contributed by atoms with van der Waals surface area (Å²) in [5.41, 5.74) is 1.80. The highest BCUT2D eigenvalue weighted by atomic mass is 35.5. The second-order valence-corrected chi connectivity index (χ2v) is 5.77. The lowest BCUT2D eigenvalue weighted by Crippen LogP contribution is -2.29. The van der Waals surface area contributed by atoms with Crippen molar-refractivity contribution < 1.29 is 13.9 Å². The van der Waals surface area contributed by atoms with Crippen molar-refractivity contribution in [2.45, 2.75) is 26.2 Å². The van der Waals surface area contributed by atoms with Crippen LogP contribution in [0.15, 0.2) is 36.4 Å². The molecule has 0 aliphatic carbocycles. The smallest absolute Gasteiger partial charge is 0.246 e. The quantitative estimate of drug-likeness (QED) is 0.899. The van der Waals surface area contributed by atoms with Gasteiger partial charge in [-0.15, -0.1) is 0 Å². The van der Waals surface area contributed by atoms with Crippen LogP contribution in [0, 0.1) is 5.82 Å². The van der Waals surface area contributed by atoms with Crippen LogP contribution in [0.2, 0.25) is 5.02 Å². The van der Waals surface area contributed by atoms with Gasteiger partial charge in [0, 0.05) is 32.1 Å². The standard InChI is InChI=1S/C16H15ClFNO2/c1-16(2)20-14-6-4-11(8-15(14)21-16)19-9-10-3-5-13(18)12(17)7-10/h3-8,19H,9H2,1-2H3. The fourth-order valence-electron chi connectivity index (χ4n) is 2.19. The number of hydrogen-bond acceptors (Lipinski definition) is 3. The normalized spacial score (nSPS) is 15.0. The van der Waals surface area contributed by atoms with Crippen molar-refractivity contribution in [1.82, 2.24) is 0 Å². The van der Waals surface area contributed by atoms with Crippen LogP contribution in [0.1, 0.15) is 19.4 Å². The minimum atomic E-state index is -0.633. The molecular formula is C16H15ClFNO2. The highest BCUT2D eigenvalue weighted by molar-refractivity contribution is 6.30. The average Bonchev–Trinajstić information content (AvgIpc) is 2.73. The Kier molecular flexibility index (Phi) is 3.41. The molecule has 21 heavy (non-hydrogen) atoms. The van der Waals surface area contributed by atoms with E-state index in [0.717, 1.165) is 17.0 Å². The van der Waals surface area contributed by atoms with Crippen LogP contribution in [-0.4, -0.2) is 5.79 Å². The van der Waals surface area contributed by atoms with Gasteiger partial charge in [0.15, 0.2) is 11.5 Å². The number of halogens is 2. The average molecular weight is 308 g/mol. The van der Waals surface area contributed by atoms with E-state index in [1.165, 1.54) is 6.07 Å². The van der Waals surface area contributed by atoms with Gasteiger partial charge in [-0.05, 0) is 29.8 Å². The third-order valence-electron chi connectivity index (χ3n) is 3.14. The summed E-state index contributed by atoms with van der Waals surface area (Å²) < 4.78 is 24.4. The zero-order valence-electron chi connectivity index (χ0n) is 11.7. The van der Waals surface area contributed by atoms with E-state index in [-0.39, 0.29) is 5.02 Å². The Bertz CT molecular complexity index is 688. The van der Waals surface area contributed by atoms with E-state index in [1.807, 2.05) is 32.0 Å². The molecule has 0 unspecified atom stereocenters. The Morgan fingerprint density at radius 1 is 1.10 bits per heavy atom. The van der Waals surface area contributed by atoms with Gasteiger partial charge < -0.3 is 14.8 Å². The van der Waals surface area contributed by atoms with E-state index in [0.29, 0.717) is 12.3 Å². The molecule has 0 bridgehead atoms. The molecule has 0 saturated carbocycles. The van der Waals surface area contributed by atoms with Crippen molar-refractivity contribution in [3.8, 4) is 11.5 Å². The molecule has 0 radical (unpaired) electrons. The van der Waals surface area contributed by atoms with Crippen LogP contribution >= 0.6 is 11.6 Å². The molecule has 0 saturated heterocycles. The maximum Gasteiger partial charge on any atom is 0.246 e. The Morgan fingerprint density at radius 3 is 2.62 bits per heavy atom. The van der Waals surface area contributed by atoms with Gasteiger partial charge in [-0.1, -0.05) is 17.7 Å². The van der Waals surface area contributed by atoms with Crippen LogP contribution in [0.4, 0.5) is 10.1 Å². The number of anilines is 1. The molecule has 2 aromatic rings. The molecule has 0 atom stereocenters. The van der Waals surface area contributed by atoms with Crippen molar-refractivity contribution in [3.05, 3.63) is 52.8 Å². The number of ether oxygens (including phenoxy) is 2. The predicted octanol–water partition coefficient (Wildman–Crippen LogP) is 4.60. The fourth-order valence-corrected chi connectivity index (χ4v) is 2.39. The van der Waals surface area contributed by atoms with Crippen LogP contribution < -0.4 is 14.8 Å². The number of hydrogen-bond donors (Lipinski definition) is 1.